The molecule has 0 saturated heterocycles. The topological polar surface area (TPSA) is 211 Å². The Labute approximate surface area is 138 Å². The van der Waals surface area contributed by atoms with Gasteiger partial charge in [0.1, 0.15) is 12.1 Å². The van der Waals surface area contributed by atoms with E-state index in [0.717, 1.165) is 0 Å². The van der Waals surface area contributed by atoms with Gasteiger partial charge >= 0.3 is 23.9 Å². The van der Waals surface area contributed by atoms with Crippen LogP contribution in [0.25, 0.3) is 0 Å². The summed E-state index contributed by atoms with van der Waals surface area (Å²) in [5.74, 6) is -4.42. The van der Waals surface area contributed by atoms with Crippen molar-refractivity contribution < 1.29 is 33.8 Å². The Bertz CT molecular complexity index is 456. The van der Waals surface area contributed by atoms with E-state index in [1.807, 2.05) is 0 Å². The highest BCUT2D eigenvalue weighted by Gasteiger charge is 2.24. The fourth-order valence-electron chi connectivity index (χ4n) is 1.50. The summed E-state index contributed by atoms with van der Waals surface area (Å²) in [4.78, 5) is 44.7. The number of ether oxygens (including phenoxy) is 2. The van der Waals surface area contributed by atoms with E-state index in [2.05, 4.69) is 4.74 Å². The molecule has 0 aliphatic carbocycles. The predicted octanol–water partition coefficient (Wildman–Crippen LogP) is -2.47. The summed E-state index contributed by atoms with van der Waals surface area (Å²) in [5.41, 5.74) is 21.3. The lowest BCUT2D eigenvalue weighted by atomic mass is 10.2. The van der Waals surface area contributed by atoms with Crippen molar-refractivity contribution >= 4 is 23.9 Å². The third kappa shape index (κ3) is 10.6. The van der Waals surface area contributed by atoms with E-state index in [4.69, 9.17) is 32.8 Å². The Balaban J connectivity index is 4.01. The molecule has 0 aromatic rings. The molecule has 0 amide bonds. The quantitative estimate of drug-likeness (QED) is 0.114. The molecule has 0 spiro atoms. The lowest BCUT2D eigenvalue weighted by Crippen LogP contribution is -2.37. The maximum atomic E-state index is 11.5. The van der Waals surface area contributed by atoms with Crippen LogP contribution in [0.1, 0.15) is 32.1 Å². The van der Waals surface area contributed by atoms with Gasteiger partial charge in [-0.1, -0.05) is 0 Å². The van der Waals surface area contributed by atoms with Gasteiger partial charge in [-0.05, 0) is 19.3 Å². The molecule has 0 bridgehead atoms. The van der Waals surface area contributed by atoms with Gasteiger partial charge in [-0.15, -0.1) is 0 Å². The van der Waals surface area contributed by atoms with Gasteiger partial charge in [-0.2, -0.15) is 0 Å². The van der Waals surface area contributed by atoms with Gasteiger partial charge in [0.25, 0.3) is 0 Å². The summed E-state index contributed by atoms with van der Waals surface area (Å²) in [5, 5.41) is 8.52. The van der Waals surface area contributed by atoms with Crippen LogP contribution < -0.4 is 22.9 Å². The lowest BCUT2D eigenvalue weighted by Gasteiger charge is -2.11. The van der Waals surface area contributed by atoms with Crippen LogP contribution in [0.2, 0.25) is 0 Å². The van der Waals surface area contributed by atoms with Crippen molar-refractivity contribution in [2.75, 3.05) is 6.61 Å². The minimum absolute atomic E-state index is 0.0979. The second kappa shape index (κ2) is 11.5. The number of hydrogen-bond acceptors (Lipinski definition) is 10. The molecule has 138 valence electrons. The molecule has 0 fully saturated rings. The van der Waals surface area contributed by atoms with Gasteiger partial charge < -0.3 is 37.5 Å². The summed E-state index contributed by atoms with van der Waals surface area (Å²) < 4.78 is 9.18. The molecule has 11 nitrogen and oxygen atoms in total. The average Bonchev–Trinajstić information content (AvgIpc) is 2.45. The van der Waals surface area contributed by atoms with E-state index >= 15 is 0 Å². The molecule has 0 rings (SSSR count). The van der Waals surface area contributed by atoms with Crippen molar-refractivity contribution in [3.8, 4) is 0 Å². The predicted molar refractivity (Wildman–Crippen MR) is 80.9 cm³/mol. The number of carboxylic acids is 1. The summed E-state index contributed by atoms with van der Waals surface area (Å²) in [6.07, 6.45) is 0.102. The van der Waals surface area contributed by atoms with Gasteiger partial charge in [-0.3, -0.25) is 19.2 Å². The molecule has 0 aliphatic heterocycles. The molecule has 0 aromatic heterocycles. The molecule has 2 atom stereocenters. The normalized spacial score (nSPS) is 13.2. The maximum Gasteiger partial charge on any atom is 0.323 e. The van der Waals surface area contributed by atoms with Gasteiger partial charge in [0.15, 0.2) is 0 Å². The number of unbranched alkanes of at least 4 members (excludes halogenated alkanes) is 1. The number of hydrogen-bond donors (Lipinski definition) is 5. The summed E-state index contributed by atoms with van der Waals surface area (Å²) in [6, 6.07) is -2.78. The Hall–Kier alpha value is -2.08. The van der Waals surface area contributed by atoms with E-state index in [-0.39, 0.29) is 6.61 Å². The van der Waals surface area contributed by atoms with Crippen LogP contribution in [0, 0.1) is 0 Å². The molecule has 0 radical (unpaired) electrons. The molecule has 0 saturated carbocycles. The molecule has 0 unspecified atom stereocenters. The van der Waals surface area contributed by atoms with Crippen LogP contribution in [0.15, 0.2) is 0 Å². The molecular formula is C13H24N4O7. The largest absolute Gasteiger partial charge is 0.480 e. The highest BCUT2D eigenvalue weighted by Crippen LogP contribution is 2.01. The third-order valence-electron chi connectivity index (χ3n) is 2.80. The Morgan fingerprint density at radius 3 is 1.92 bits per heavy atom. The molecule has 9 N–H and O–H groups in total. The molecule has 0 heterocycles. The second-order valence-electron chi connectivity index (χ2n) is 5.13. The lowest BCUT2D eigenvalue weighted by molar-refractivity contribution is -0.163. The standard InChI is InChI=1S/C13H24N4O7/c14-7(12(20)21)5-10(18)24-11(19)6-8(15)13(22)23-4-2-1-3-9(16)17/h7-9H,1-6,14-17H2,(H,20,21)/t7-,8-/m0/s1. The number of esters is 3. The molecule has 0 aliphatic rings. The van der Waals surface area contributed by atoms with Gasteiger partial charge in [0, 0.05) is 0 Å². The van der Waals surface area contributed by atoms with Gasteiger partial charge in [0.2, 0.25) is 0 Å². The van der Waals surface area contributed by atoms with E-state index < -0.39 is 55.0 Å². The first-order valence-electron chi connectivity index (χ1n) is 7.28. The Morgan fingerprint density at radius 2 is 1.42 bits per heavy atom. The van der Waals surface area contributed by atoms with Crippen LogP contribution in [0.4, 0.5) is 0 Å². The van der Waals surface area contributed by atoms with Crippen molar-refractivity contribution in [3.63, 3.8) is 0 Å². The van der Waals surface area contributed by atoms with Crippen LogP contribution in [-0.4, -0.2) is 53.8 Å². The molecule has 11 heteroatoms. The fraction of sp³-hybridized carbons (Fsp3) is 0.692. The number of rotatable bonds is 11. The van der Waals surface area contributed by atoms with E-state index in [1.54, 1.807) is 0 Å². The van der Waals surface area contributed by atoms with E-state index in [9.17, 15) is 19.2 Å². The SMILES string of the molecule is NC(N)CCCCOC(=O)[C@@H](N)CC(=O)OC(=O)C[C@H](N)C(=O)O. The molecular weight excluding hydrogens is 324 g/mol. The zero-order chi connectivity index (χ0) is 18.7. The monoisotopic (exact) mass is 348 g/mol. The molecule has 0 aromatic carbocycles. The zero-order valence-corrected chi connectivity index (χ0v) is 13.2. The number of aliphatic carboxylic acids is 1. The van der Waals surface area contributed by atoms with Crippen LogP contribution in [0.3, 0.4) is 0 Å². The highest BCUT2D eigenvalue weighted by molar-refractivity contribution is 5.90. The summed E-state index contributed by atoms with van der Waals surface area (Å²) >= 11 is 0. The van der Waals surface area contributed by atoms with Crippen LogP contribution in [-0.2, 0) is 28.7 Å². The first kappa shape index (κ1) is 21.9. The first-order chi connectivity index (χ1) is 11.1. The Morgan fingerprint density at radius 1 is 0.875 bits per heavy atom. The number of nitrogens with two attached hydrogens (primary N) is 4. The van der Waals surface area contributed by atoms with Gasteiger partial charge in [0.05, 0.1) is 25.6 Å². The second-order valence-corrected chi connectivity index (χ2v) is 5.13. The summed E-state index contributed by atoms with van der Waals surface area (Å²) in [7, 11) is 0. The number of carbonyl (C=O) groups is 4. The van der Waals surface area contributed by atoms with Crippen molar-refractivity contribution in [1.82, 2.24) is 0 Å². The highest BCUT2D eigenvalue weighted by atomic mass is 16.6. The minimum Gasteiger partial charge on any atom is -0.480 e. The fourth-order valence-corrected chi connectivity index (χ4v) is 1.50. The van der Waals surface area contributed by atoms with Crippen molar-refractivity contribution in [1.29, 1.82) is 0 Å². The first-order valence-corrected chi connectivity index (χ1v) is 7.28. The van der Waals surface area contributed by atoms with Crippen molar-refractivity contribution in [2.24, 2.45) is 22.9 Å². The van der Waals surface area contributed by atoms with E-state index in [0.29, 0.717) is 19.3 Å². The average molecular weight is 348 g/mol. The van der Waals surface area contributed by atoms with E-state index in [1.165, 1.54) is 0 Å². The third-order valence-corrected chi connectivity index (χ3v) is 2.80. The smallest absolute Gasteiger partial charge is 0.323 e. The minimum atomic E-state index is -1.48. The van der Waals surface area contributed by atoms with Crippen molar-refractivity contribution in [2.45, 2.75) is 50.4 Å². The van der Waals surface area contributed by atoms with Crippen LogP contribution >= 0.6 is 0 Å². The van der Waals surface area contributed by atoms with Crippen molar-refractivity contribution in [3.05, 3.63) is 0 Å². The molecule has 24 heavy (non-hydrogen) atoms. The zero-order valence-electron chi connectivity index (χ0n) is 13.2. The maximum absolute atomic E-state index is 11.5. The van der Waals surface area contributed by atoms with Crippen LogP contribution in [0.5, 0.6) is 0 Å². The summed E-state index contributed by atoms with van der Waals surface area (Å²) in [6.45, 7) is 0.0979. The Kier molecular flexibility index (Phi) is 10.5. The number of carboxylic acid groups (broad SMARTS) is 1. The number of carbonyl (C=O) groups excluding carboxylic acids is 3. The van der Waals surface area contributed by atoms with Gasteiger partial charge in [-0.25, -0.2) is 0 Å².